The van der Waals surface area contributed by atoms with Gasteiger partial charge in [0.2, 0.25) is 0 Å². The molecule has 1 aromatic rings. The van der Waals surface area contributed by atoms with Crippen molar-refractivity contribution in [2.75, 3.05) is 27.2 Å². The number of hydrogen-bond acceptors (Lipinski definition) is 2. The largest absolute Gasteiger partial charge is 0.492 e. The van der Waals surface area contributed by atoms with Gasteiger partial charge in [0, 0.05) is 12.1 Å². The maximum Gasteiger partial charge on any atom is 0.119 e. The van der Waals surface area contributed by atoms with E-state index in [4.69, 9.17) is 4.74 Å². The quantitative estimate of drug-likeness (QED) is 0.685. The first kappa shape index (κ1) is 11.8. The van der Waals surface area contributed by atoms with Crippen LogP contribution in [0.15, 0.2) is 30.8 Å². The molecule has 2 nitrogen and oxygen atoms in total. The number of ether oxygens (including phenoxy) is 1. The molecular formula is C13H19NO. The van der Waals surface area contributed by atoms with Crippen LogP contribution >= 0.6 is 0 Å². The van der Waals surface area contributed by atoms with Gasteiger partial charge in [-0.25, -0.2) is 0 Å². The Morgan fingerprint density at radius 1 is 1.33 bits per heavy atom. The van der Waals surface area contributed by atoms with Crippen LogP contribution in [0.25, 0.3) is 5.76 Å². The Balaban J connectivity index is 2.51. The molecule has 0 amide bonds. The van der Waals surface area contributed by atoms with E-state index in [1.54, 1.807) is 0 Å². The third kappa shape index (κ3) is 3.76. The molecule has 0 heterocycles. The minimum absolute atomic E-state index is 0.681. The molecule has 1 aromatic carbocycles. The van der Waals surface area contributed by atoms with Crippen LogP contribution in [0.4, 0.5) is 0 Å². The lowest BCUT2D eigenvalue weighted by Gasteiger charge is -2.14. The molecule has 0 aliphatic carbocycles. The van der Waals surface area contributed by atoms with Crippen molar-refractivity contribution in [2.24, 2.45) is 0 Å². The standard InChI is InChI=1S/C13H19NO/c1-11-7-5-6-8-13(11)12(2)15-10-9-14(3)4/h5-8H,2,9-10H2,1,3-4H3. The summed E-state index contributed by atoms with van der Waals surface area (Å²) in [5.41, 5.74) is 2.30. The molecule has 0 aliphatic heterocycles. The van der Waals surface area contributed by atoms with Gasteiger partial charge in [0.1, 0.15) is 12.4 Å². The molecule has 0 aliphatic rings. The Kier molecular flexibility index (Phi) is 4.37. The zero-order valence-electron chi connectivity index (χ0n) is 9.79. The first-order valence-electron chi connectivity index (χ1n) is 5.13. The molecule has 0 saturated carbocycles. The zero-order valence-corrected chi connectivity index (χ0v) is 9.79. The van der Waals surface area contributed by atoms with Crippen molar-refractivity contribution in [1.29, 1.82) is 0 Å². The Morgan fingerprint density at radius 2 is 2.00 bits per heavy atom. The van der Waals surface area contributed by atoms with Crippen molar-refractivity contribution in [2.45, 2.75) is 6.92 Å². The molecule has 1 rings (SSSR count). The molecule has 0 radical (unpaired) electrons. The second kappa shape index (κ2) is 5.56. The van der Waals surface area contributed by atoms with Gasteiger partial charge in [-0.15, -0.1) is 0 Å². The van der Waals surface area contributed by atoms with Crippen LogP contribution in [0.5, 0.6) is 0 Å². The molecule has 0 aromatic heterocycles. The summed E-state index contributed by atoms with van der Waals surface area (Å²) in [5, 5.41) is 0. The average molecular weight is 205 g/mol. The second-order valence-corrected chi connectivity index (χ2v) is 3.89. The van der Waals surface area contributed by atoms with Crippen molar-refractivity contribution in [1.82, 2.24) is 4.90 Å². The van der Waals surface area contributed by atoms with E-state index in [9.17, 15) is 0 Å². The third-order valence-electron chi connectivity index (χ3n) is 2.26. The molecule has 15 heavy (non-hydrogen) atoms. The van der Waals surface area contributed by atoms with E-state index < -0.39 is 0 Å². The molecule has 82 valence electrons. The Bertz CT molecular complexity index is 331. The normalized spacial score (nSPS) is 10.4. The van der Waals surface area contributed by atoms with Crippen LogP contribution < -0.4 is 0 Å². The van der Waals surface area contributed by atoms with Crippen molar-refractivity contribution < 1.29 is 4.74 Å². The lowest BCUT2D eigenvalue weighted by Crippen LogP contribution is -2.17. The Morgan fingerprint density at radius 3 is 2.60 bits per heavy atom. The molecule has 0 bridgehead atoms. The molecular weight excluding hydrogens is 186 g/mol. The monoisotopic (exact) mass is 205 g/mol. The highest BCUT2D eigenvalue weighted by molar-refractivity contribution is 5.60. The van der Waals surface area contributed by atoms with E-state index in [0.717, 1.165) is 17.9 Å². The van der Waals surface area contributed by atoms with Crippen LogP contribution in [-0.4, -0.2) is 32.1 Å². The highest BCUT2D eigenvalue weighted by atomic mass is 16.5. The summed E-state index contributed by atoms with van der Waals surface area (Å²) in [5.74, 6) is 0.759. The van der Waals surface area contributed by atoms with Crippen LogP contribution in [0.1, 0.15) is 11.1 Å². The van der Waals surface area contributed by atoms with Gasteiger partial charge in [-0.3, -0.25) is 0 Å². The number of nitrogens with zero attached hydrogens (tertiary/aromatic N) is 1. The molecule has 0 spiro atoms. The lowest BCUT2D eigenvalue weighted by atomic mass is 10.1. The topological polar surface area (TPSA) is 12.5 Å². The van der Waals surface area contributed by atoms with E-state index in [-0.39, 0.29) is 0 Å². The lowest BCUT2D eigenvalue weighted by molar-refractivity contribution is 0.233. The minimum Gasteiger partial charge on any atom is -0.492 e. The summed E-state index contributed by atoms with van der Waals surface area (Å²) < 4.78 is 5.58. The van der Waals surface area contributed by atoms with E-state index in [1.165, 1.54) is 5.56 Å². The minimum atomic E-state index is 0.681. The van der Waals surface area contributed by atoms with Crippen LogP contribution in [-0.2, 0) is 4.74 Å². The van der Waals surface area contributed by atoms with Gasteiger partial charge < -0.3 is 9.64 Å². The highest BCUT2D eigenvalue weighted by Crippen LogP contribution is 2.17. The fourth-order valence-electron chi connectivity index (χ4n) is 1.31. The fourth-order valence-corrected chi connectivity index (χ4v) is 1.31. The summed E-state index contributed by atoms with van der Waals surface area (Å²) >= 11 is 0. The summed E-state index contributed by atoms with van der Waals surface area (Å²) in [7, 11) is 4.06. The van der Waals surface area contributed by atoms with Gasteiger partial charge in [0.05, 0.1) is 0 Å². The predicted molar refractivity (Wildman–Crippen MR) is 64.7 cm³/mol. The summed E-state index contributed by atoms with van der Waals surface area (Å²) in [6.45, 7) is 7.60. The van der Waals surface area contributed by atoms with Gasteiger partial charge in [0.25, 0.3) is 0 Å². The Hall–Kier alpha value is -1.28. The fraction of sp³-hybridized carbons (Fsp3) is 0.385. The molecule has 0 unspecified atom stereocenters. The van der Waals surface area contributed by atoms with E-state index in [2.05, 4.69) is 24.5 Å². The number of likely N-dealkylation sites (N-methyl/N-ethyl adjacent to an activating group) is 1. The second-order valence-electron chi connectivity index (χ2n) is 3.89. The molecule has 0 saturated heterocycles. The first-order chi connectivity index (χ1) is 7.11. The molecule has 0 atom stereocenters. The SMILES string of the molecule is C=C(OCCN(C)C)c1ccccc1C. The number of aryl methyl sites for hydroxylation is 1. The van der Waals surface area contributed by atoms with Gasteiger partial charge >= 0.3 is 0 Å². The van der Waals surface area contributed by atoms with Gasteiger partial charge in [-0.1, -0.05) is 30.8 Å². The van der Waals surface area contributed by atoms with Crippen molar-refractivity contribution >= 4 is 5.76 Å². The van der Waals surface area contributed by atoms with Gasteiger partial charge in [0.15, 0.2) is 0 Å². The number of hydrogen-bond donors (Lipinski definition) is 0. The van der Waals surface area contributed by atoms with Gasteiger partial charge in [-0.2, -0.15) is 0 Å². The first-order valence-corrected chi connectivity index (χ1v) is 5.13. The smallest absolute Gasteiger partial charge is 0.119 e. The van der Waals surface area contributed by atoms with Crippen LogP contribution in [0.2, 0.25) is 0 Å². The third-order valence-corrected chi connectivity index (χ3v) is 2.26. The van der Waals surface area contributed by atoms with Crippen LogP contribution in [0.3, 0.4) is 0 Å². The number of benzene rings is 1. The summed E-state index contributed by atoms with van der Waals surface area (Å²) in [4.78, 5) is 2.09. The maximum absolute atomic E-state index is 5.58. The average Bonchev–Trinajstić information content (AvgIpc) is 2.17. The molecule has 0 fully saturated rings. The predicted octanol–water partition coefficient (Wildman–Crippen LogP) is 2.54. The van der Waals surface area contributed by atoms with E-state index >= 15 is 0 Å². The van der Waals surface area contributed by atoms with Crippen molar-refractivity contribution in [3.63, 3.8) is 0 Å². The summed E-state index contributed by atoms with van der Waals surface area (Å²) in [6.07, 6.45) is 0. The summed E-state index contributed by atoms with van der Waals surface area (Å²) in [6, 6.07) is 8.12. The Labute approximate surface area is 92.2 Å². The van der Waals surface area contributed by atoms with Crippen molar-refractivity contribution in [3.05, 3.63) is 42.0 Å². The van der Waals surface area contributed by atoms with Crippen molar-refractivity contribution in [3.8, 4) is 0 Å². The highest BCUT2D eigenvalue weighted by Gasteiger charge is 2.02. The van der Waals surface area contributed by atoms with E-state index in [1.807, 2.05) is 32.3 Å². The molecule has 2 heteroatoms. The van der Waals surface area contributed by atoms with E-state index in [0.29, 0.717) is 6.61 Å². The van der Waals surface area contributed by atoms with Gasteiger partial charge in [-0.05, 0) is 26.6 Å². The molecule has 0 N–H and O–H groups in total. The van der Waals surface area contributed by atoms with Crippen LogP contribution in [0, 0.1) is 6.92 Å². The maximum atomic E-state index is 5.58. The zero-order chi connectivity index (χ0) is 11.3. The number of rotatable bonds is 5.